The maximum Gasteiger partial charge on any atom is 0.335 e. The lowest BCUT2D eigenvalue weighted by Gasteiger charge is -2.07. The van der Waals surface area contributed by atoms with Crippen molar-refractivity contribution in [3.63, 3.8) is 0 Å². The molecule has 0 bridgehead atoms. The first kappa shape index (κ1) is 25.5. The molecule has 2 amide bonds. The van der Waals surface area contributed by atoms with Gasteiger partial charge >= 0.3 is 5.97 Å². The number of hydrogen-bond acceptors (Lipinski definition) is 7. The molecule has 0 aromatic heterocycles. The van der Waals surface area contributed by atoms with Gasteiger partial charge < -0.3 is 19.8 Å². The van der Waals surface area contributed by atoms with E-state index in [0.717, 1.165) is 12.0 Å². The Labute approximate surface area is 196 Å². The number of phenolic OH excluding ortho intramolecular Hbond substituents is 1. The Kier molecular flexibility index (Phi) is 9.05. The lowest BCUT2D eigenvalue weighted by atomic mass is 10.2. The minimum absolute atomic E-state index is 0.0404. The molecule has 2 N–H and O–H groups in total. The normalized spacial score (nSPS) is 15.3. The number of likely N-dealkylation sites (N-methyl/N-ethyl adjacent to an activating group) is 1. The molecule has 9 nitrogen and oxygen atoms in total. The number of phenols is 1. The van der Waals surface area contributed by atoms with E-state index in [0.29, 0.717) is 28.1 Å². The van der Waals surface area contributed by atoms with Gasteiger partial charge in [0.2, 0.25) is 6.41 Å². The van der Waals surface area contributed by atoms with Crippen LogP contribution in [0.4, 0.5) is 5.69 Å². The summed E-state index contributed by atoms with van der Waals surface area (Å²) in [6.45, 7) is 2.24. The number of nitrogens with zero attached hydrogens (tertiary/aromatic N) is 3. The standard InChI is InChI=1S/C20H18N2O5S.C3H7NO/c1-3-27-16-10-12(4-9-15(16)23)11-17-18(24)22(2)20(28-17)21-14-7-5-13(6-8-14)19(25)26;1-4(2)3-5/h4-11,23H,3H2,1-2H3,(H,25,26);3H,1-2H3/b17-11-,21-20?;. The van der Waals surface area contributed by atoms with Gasteiger partial charge in [-0.15, -0.1) is 0 Å². The second-order valence-electron chi connectivity index (χ2n) is 6.95. The Morgan fingerprint density at radius 3 is 2.39 bits per heavy atom. The van der Waals surface area contributed by atoms with Gasteiger partial charge in [0.15, 0.2) is 16.7 Å². The molecule has 1 saturated heterocycles. The Hall–Kier alpha value is -3.79. The van der Waals surface area contributed by atoms with Crippen LogP contribution in [-0.2, 0) is 9.59 Å². The highest BCUT2D eigenvalue weighted by Crippen LogP contribution is 2.34. The molecule has 1 fully saturated rings. The largest absolute Gasteiger partial charge is 0.504 e. The third-order valence-electron chi connectivity index (χ3n) is 4.13. The number of thioether (sulfide) groups is 1. The summed E-state index contributed by atoms with van der Waals surface area (Å²) in [5.41, 5.74) is 1.44. The number of rotatable bonds is 6. The van der Waals surface area contributed by atoms with Gasteiger partial charge in [-0.1, -0.05) is 6.07 Å². The van der Waals surface area contributed by atoms with Crippen LogP contribution in [-0.4, -0.2) is 71.2 Å². The number of benzene rings is 2. The minimum atomic E-state index is -1.01. The van der Waals surface area contributed by atoms with E-state index in [9.17, 15) is 19.5 Å². The number of aromatic hydroxyl groups is 1. The van der Waals surface area contributed by atoms with Gasteiger partial charge in [-0.05, 0) is 66.7 Å². The molecule has 2 aromatic rings. The number of aliphatic imine (C=N–C) groups is 1. The van der Waals surface area contributed by atoms with Crippen molar-refractivity contribution in [2.24, 2.45) is 4.99 Å². The van der Waals surface area contributed by atoms with Crippen LogP contribution in [0.1, 0.15) is 22.8 Å². The van der Waals surface area contributed by atoms with Gasteiger partial charge in [0, 0.05) is 21.1 Å². The van der Waals surface area contributed by atoms with Crippen LogP contribution in [0.5, 0.6) is 11.5 Å². The van der Waals surface area contributed by atoms with Gasteiger partial charge in [0.25, 0.3) is 5.91 Å². The molecule has 2 aromatic carbocycles. The van der Waals surface area contributed by atoms with Crippen LogP contribution in [0.3, 0.4) is 0 Å². The molecule has 0 saturated carbocycles. The number of carboxylic acid groups (broad SMARTS) is 1. The first-order valence-corrected chi connectivity index (χ1v) is 10.6. The van der Waals surface area contributed by atoms with Crippen LogP contribution in [0.15, 0.2) is 52.4 Å². The van der Waals surface area contributed by atoms with Crippen molar-refractivity contribution in [1.82, 2.24) is 9.80 Å². The predicted molar refractivity (Wildman–Crippen MR) is 128 cm³/mol. The van der Waals surface area contributed by atoms with E-state index in [1.165, 1.54) is 39.8 Å². The minimum Gasteiger partial charge on any atom is -0.504 e. The van der Waals surface area contributed by atoms with Gasteiger partial charge in [0.05, 0.1) is 22.8 Å². The highest BCUT2D eigenvalue weighted by Gasteiger charge is 2.30. The first-order chi connectivity index (χ1) is 15.7. The second-order valence-corrected chi connectivity index (χ2v) is 7.96. The highest BCUT2D eigenvalue weighted by atomic mass is 32.2. The Morgan fingerprint density at radius 2 is 1.85 bits per heavy atom. The number of hydrogen-bond donors (Lipinski definition) is 2. The van der Waals surface area contributed by atoms with Crippen molar-refractivity contribution in [3.05, 3.63) is 58.5 Å². The van der Waals surface area contributed by atoms with Crippen molar-refractivity contribution in [3.8, 4) is 11.5 Å². The average Bonchev–Trinajstić information content (AvgIpc) is 3.04. The predicted octanol–water partition coefficient (Wildman–Crippen LogP) is 3.43. The summed E-state index contributed by atoms with van der Waals surface area (Å²) in [7, 11) is 5.00. The van der Waals surface area contributed by atoms with Crippen LogP contribution in [0.2, 0.25) is 0 Å². The number of carboxylic acids is 1. The average molecular weight is 472 g/mol. The summed E-state index contributed by atoms with van der Waals surface area (Å²) in [6, 6.07) is 11.0. The fourth-order valence-corrected chi connectivity index (χ4v) is 3.47. The van der Waals surface area contributed by atoms with E-state index >= 15 is 0 Å². The molecule has 0 atom stereocenters. The molecule has 0 spiro atoms. The molecule has 33 heavy (non-hydrogen) atoms. The maximum absolute atomic E-state index is 12.5. The Balaban J connectivity index is 0.000000696. The zero-order chi connectivity index (χ0) is 24.5. The monoisotopic (exact) mass is 471 g/mol. The number of amides is 2. The van der Waals surface area contributed by atoms with Crippen molar-refractivity contribution in [1.29, 1.82) is 0 Å². The van der Waals surface area contributed by atoms with E-state index in [1.807, 2.05) is 6.92 Å². The molecule has 3 rings (SSSR count). The topological polar surface area (TPSA) is 120 Å². The summed E-state index contributed by atoms with van der Waals surface area (Å²) in [5.74, 6) is -0.809. The van der Waals surface area contributed by atoms with E-state index in [-0.39, 0.29) is 17.2 Å². The summed E-state index contributed by atoms with van der Waals surface area (Å²) < 4.78 is 5.37. The third kappa shape index (κ3) is 7.11. The summed E-state index contributed by atoms with van der Waals surface area (Å²) >= 11 is 1.22. The Morgan fingerprint density at radius 1 is 1.21 bits per heavy atom. The highest BCUT2D eigenvalue weighted by molar-refractivity contribution is 8.18. The van der Waals surface area contributed by atoms with Crippen molar-refractivity contribution >= 4 is 47.0 Å². The van der Waals surface area contributed by atoms with Crippen LogP contribution >= 0.6 is 11.8 Å². The SMILES string of the molecule is CCOc1cc(/C=C2\SC(=Nc3ccc(C(=O)O)cc3)N(C)C2=O)ccc1O.CN(C)C=O. The molecule has 0 aliphatic carbocycles. The zero-order valence-corrected chi connectivity index (χ0v) is 19.5. The second kappa shape index (κ2) is 11.7. The fourth-order valence-electron chi connectivity index (χ4n) is 2.48. The number of carbonyl (C=O) groups excluding carboxylic acids is 2. The smallest absolute Gasteiger partial charge is 0.335 e. The summed E-state index contributed by atoms with van der Waals surface area (Å²) in [6.07, 6.45) is 2.46. The summed E-state index contributed by atoms with van der Waals surface area (Å²) in [5, 5.41) is 19.2. The van der Waals surface area contributed by atoms with Crippen molar-refractivity contribution in [2.75, 3.05) is 27.7 Å². The zero-order valence-electron chi connectivity index (χ0n) is 18.7. The first-order valence-electron chi connectivity index (χ1n) is 9.83. The van der Waals surface area contributed by atoms with Gasteiger partial charge in [-0.2, -0.15) is 0 Å². The van der Waals surface area contributed by atoms with E-state index < -0.39 is 5.97 Å². The maximum atomic E-state index is 12.5. The van der Waals surface area contributed by atoms with Gasteiger partial charge in [-0.3, -0.25) is 14.5 Å². The molecular formula is C23H25N3O6S. The molecule has 1 aliphatic heterocycles. The molecule has 0 unspecified atom stereocenters. The van der Waals surface area contributed by atoms with Crippen LogP contribution in [0.25, 0.3) is 6.08 Å². The van der Waals surface area contributed by atoms with Crippen molar-refractivity contribution < 1.29 is 29.3 Å². The van der Waals surface area contributed by atoms with Crippen LogP contribution in [0, 0.1) is 0 Å². The fraction of sp³-hybridized carbons (Fsp3) is 0.217. The quantitative estimate of drug-likeness (QED) is 0.489. The summed E-state index contributed by atoms with van der Waals surface area (Å²) in [4.78, 5) is 40.7. The van der Waals surface area contributed by atoms with E-state index in [2.05, 4.69) is 4.99 Å². The van der Waals surface area contributed by atoms with Crippen LogP contribution < -0.4 is 4.74 Å². The molecule has 0 radical (unpaired) electrons. The number of carbonyl (C=O) groups is 3. The number of amidine groups is 1. The van der Waals surface area contributed by atoms with Gasteiger partial charge in [-0.25, -0.2) is 9.79 Å². The molecule has 1 heterocycles. The number of aromatic carboxylic acids is 1. The lowest BCUT2D eigenvalue weighted by Crippen LogP contribution is -2.23. The molecule has 174 valence electrons. The van der Waals surface area contributed by atoms with E-state index in [4.69, 9.17) is 9.84 Å². The lowest BCUT2D eigenvalue weighted by molar-refractivity contribution is -0.121. The molecular weight excluding hydrogens is 446 g/mol. The molecule has 10 heteroatoms. The third-order valence-corrected chi connectivity index (χ3v) is 5.19. The van der Waals surface area contributed by atoms with Gasteiger partial charge in [0.1, 0.15) is 0 Å². The van der Waals surface area contributed by atoms with E-state index in [1.54, 1.807) is 51.5 Å². The molecule has 1 aliphatic rings. The number of ether oxygens (including phenoxy) is 1. The van der Waals surface area contributed by atoms with Crippen molar-refractivity contribution in [2.45, 2.75) is 6.92 Å². The Bertz CT molecular complexity index is 1080.